The summed E-state index contributed by atoms with van der Waals surface area (Å²) in [4.78, 5) is 2.55. The van der Waals surface area contributed by atoms with Gasteiger partial charge in [0.05, 0.1) is 6.10 Å². The van der Waals surface area contributed by atoms with Crippen LogP contribution in [0, 0.1) is 5.92 Å². The molecule has 0 spiro atoms. The third-order valence-corrected chi connectivity index (χ3v) is 4.82. The molecule has 2 aliphatic rings. The lowest BCUT2D eigenvalue weighted by atomic mass is 9.99. The summed E-state index contributed by atoms with van der Waals surface area (Å²) in [5.74, 6) is 0.694. The smallest absolute Gasteiger partial charge is 0.0579 e. The number of aliphatic hydroxyl groups excluding tert-OH is 1. The quantitative estimate of drug-likeness (QED) is 0.874. The first-order chi connectivity index (χ1) is 10.1. The number of rotatable bonds is 5. The van der Waals surface area contributed by atoms with Crippen molar-refractivity contribution in [1.82, 2.24) is 5.32 Å². The minimum absolute atomic E-state index is 0.0849. The van der Waals surface area contributed by atoms with Crippen molar-refractivity contribution >= 4 is 5.69 Å². The Kier molecular flexibility index (Phi) is 4.51. The maximum atomic E-state index is 9.91. The fourth-order valence-electron chi connectivity index (χ4n) is 3.86. The Bertz CT molecular complexity index is 443. The van der Waals surface area contributed by atoms with Gasteiger partial charge in [-0.25, -0.2) is 0 Å². The first-order valence-electron chi connectivity index (χ1n) is 8.39. The Morgan fingerprint density at radius 3 is 2.33 bits per heavy atom. The highest BCUT2D eigenvalue weighted by atomic mass is 16.3. The number of piperidine rings is 1. The average Bonchev–Trinajstić information content (AvgIpc) is 2.72. The van der Waals surface area contributed by atoms with E-state index in [9.17, 15) is 5.11 Å². The number of nitrogens with zero attached hydrogens (tertiary/aromatic N) is 1. The van der Waals surface area contributed by atoms with E-state index in [1.54, 1.807) is 0 Å². The van der Waals surface area contributed by atoms with Crippen LogP contribution < -0.4 is 10.2 Å². The van der Waals surface area contributed by atoms with Gasteiger partial charge < -0.3 is 15.3 Å². The van der Waals surface area contributed by atoms with Gasteiger partial charge in [-0.15, -0.1) is 0 Å². The van der Waals surface area contributed by atoms with Crippen molar-refractivity contribution in [1.29, 1.82) is 0 Å². The van der Waals surface area contributed by atoms with E-state index < -0.39 is 0 Å². The lowest BCUT2D eigenvalue weighted by molar-refractivity contribution is 0.126. The van der Waals surface area contributed by atoms with Crippen LogP contribution in [0.2, 0.25) is 0 Å². The monoisotopic (exact) mass is 288 g/mol. The van der Waals surface area contributed by atoms with Gasteiger partial charge in [-0.3, -0.25) is 0 Å². The van der Waals surface area contributed by atoms with Crippen LogP contribution in [0.3, 0.4) is 0 Å². The molecule has 3 nitrogen and oxygen atoms in total. The Morgan fingerprint density at radius 2 is 1.76 bits per heavy atom. The van der Waals surface area contributed by atoms with Crippen molar-refractivity contribution in [2.75, 3.05) is 11.4 Å². The van der Waals surface area contributed by atoms with Gasteiger partial charge in [-0.2, -0.15) is 0 Å². The van der Waals surface area contributed by atoms with Gasteiger partial charge in [0.2, 0.25) is 0 Å². The zero-order valence-electron chi connectivity index (χ0n) is 13.3. The topological polar surface area (TPSA) is 35.5 Å². The highest BCUT2D eigenvalue weighted by Crippen LogP contribution is 2.39. The van der Waals surface area contributed by atoms with Crippen LogP contribution in [-0.4, -0.2) is 29.8 Å². The average molecular weight is 288 g/mol. The van der Waals surface area contributed by atoms with Crippen molar-refractivity contribution < 1.29 is 5.11 Å². The second kappa shape index (κ2) is 6.37. The van der Waals surface area contributed by atoms with Crippen LogP contribution in [0.1, 0.15) is 45.1 Å². The summed E-state index contributed by atoms with van der Waals surface area (Å²) in [5, 5.41) is 13.4. The number of anilines is 1. The van der Waals surface area contributed by atoms with E-state index in [4.69, 9.17) is 0 Å². The molecule has 2 saturated heterocycles. The molecule has 0 amide bonds. The SMILES string of the molecule is CC(C)CNCc1ccc(N2C3CCC2CC(O)C3)cc1. The molecule has 3 heteroatoms. The summed E-state index contributed by atoms with van der Waals surface area (Å²) in [6.07, 6.45) is 4.26. The molecule has 2 bridgehead atoms. The normalized spacial score (nSPS) is 28.4. The maximum Gasteiger partial charge on any atom is 0.0579 e. The predicted molar refractivity (Wildman–Crippen MR) is 87.5 cm³/mol. The molecule has 0 aromatic heterocycles. The number of aliphatic hydroxyl groups is 1. The van der Waals surface area contributed by atoms with Crippen LogP contribution in [0.4, 0.5) is 5.69 Å². The summed E-state index contributed by atoms with van der Waals surface area (Å²) in [7, 11) is 0. The molecular formula is C18H28N2O. The van der Waals surface area contributed by atoms with Gasteiger partial charge in [-0.1, -0.05) is 26.0 Å². The Hall–Kier alpha value is -1.06. The number of nitrogens with one attached hydrogen (secondary N) is 1. The summed E-state index contributed by atoms with van der Waals surface area (Å²) >= 11 is 0. The summed E-state index contributed by atoms with van der Waals surface area (Å²) < 4.78 is 0. The highest BCUT2D eigenvalue weighted by molar-refractivity contribution is 5.51. The molecule has 2 unspecified atom stereocenters. The number of hydrogen-bond acceptors (Lipinski definition) is 3. The van der Waals surface area contributed by atoms with Gasteiger partial charge >= 0.3 is 0 Å². The van der Waals surface area contributed by atoms with E-state index in [1.165, 1.54) is 24.1 Å². The highest BCUT2D eigenvalue weighted by Gasteiger charge is 2.40. The summed E-state index contributed by atoms with van der Waals surface area (Å²) in [5.41, 5.74) is 2.69. The lowest BCUT2D eigenvalue weighted by Gasteiger charge is -2.39. The van der Waals surface area contributed by atoms with Crippen LogP contribution in [-0.2, 0) is 6.54 Å². The van der Waals surface area contributed by atoms with Gasteiger partial charge in [0, 0.05) is 24.3 Å². The molecule has 2 N–H and O–H groups in total. The van der Waals surface area contributed by atoms with Crippen molar-refractivity contribution in [3.63, 3.8) is 0 Å². The fraction of sp³-hybridized carbons (Fsp3) is 0.667. The summed E-state index contributed by atoms with van der Waals surface area (Å²) in [6, 6.07) is 10.1. The molecule has 2 atom stereocenters. The Balaban J connectivity index is 1.62. The second-order valence-corrected chi connectivity index (χ2v) is 7.11. The molecule has 2 aliphatic heterocycles. The number of hydrogen-bond donors (Lipinski definition) is 2. The third kappa shape index (κ3) is 3.41. The zero-order chi connectivity index (χ0) is 14.8. The van der Waals surface area contributed by atoms with E-state index in [0.717, 1.165) is 25.9 Å². The predicted octanol–water partition coefficient (Wildman–Crippen LogP) is 2.92. The minimum Gasteiger partial charge on any atom is -0.393 e. The molecular weight excluding hydrogens is 260 g/mol. The Morgan fingerprint density at radius 1 is 1.14 bits per heavy atom. The number of fused-ring (bicyclic) bond motifs is 2. The molecule has 2 fully saturated rings. The molecule has 2 heterocycles. The van der Waals surface area contributed by atoms with Crippen molar-refractivity contribution in [2.24, 2.45) is 5.92 Å². The molecule has 21 heavy (non-hydrogen) atoms. The fourth-order valence-corrected chi connectivity index (χ4v) is 3.86. The van der Waals surface area contributed by atoms with Crippen molar-refractivity contribution in [3.05, 3.63) is 29.8 Å². The van der Waals surface area contributed by atoms with Crippen molar-refractivity contribution in [3.8, 4) is 0 Å². The molecule has 0 radical (unpaired) electrons. The van der Waals surface area contributed by atoms with Crippen LogP contribution in [0.5, 0.6) is 0 Å². The first kappa shape index (κ1) is 14.9. The molecule has 1 aromatic carbocycles. The maximum absolute atomic E-state index is 9.91. The van der Waals surface area contributed by atoms with Crippen LogP contribution in [0.25, 0.3) is 0 Å². The van der Waals surface area contributed by atoms with E-state index in [-0.39, 0.29) is 6.10 Å². The minimum atomic E-state index is -0.0849. The molecule has 116 valence electrons. The van der Waals surface area contributed by atoms with Gasteiger partial charge in [-0.05, 0) is 55.8 Å². The number of benzene rings is 1. The van der Waals surface area contributed by atoms with Crippen LogP contribution >= 0.6 is 0 Å². The molecule has 1 aromatic rings. The van der Waals surface area contributed by atoms with Crippen molar-refractivity contribution in [2.45, 2.75) is 64.3 Å². The summed E-state index contributed by atoms with van der Waals surface area (Å²) in [6.45, 7) is 6.48. The van der Waals surface area contributed by atoms with Gasteiger partial charge in [0.15, 0.2) is 0 Å². The standard InChI is InChI=1S/C18H28N2O/c1-13(2)11-19-12-14-3-5-15(6-4-14)20-16-7-8-17(20)10-18(21)9-16/h3-6,13,16-19,21H,7-12H2,1-2H3. The zero-order valence-corrected chi connectivity index (χ0v) is 13.3. The van der Waals surface area contributed by atoms with E-state index >= 15 is 0 Å². The third-order valence-electron chi connectivity index (χ3n) is 4.82. The van der Waals surface area contributed by atoms with E-state index in [1.807, 2.05) is 0 Å². The molecule has 3 rings (SSSR count). The van der Waals surface area contributed by atoms with Gasteiger partial charge in [0.1, 0.15) is 0 Å². The Labute approximate surface area is 128 Å². The van der Waals surface area contributed by atoms with E-state index in [0.29, 0.717) is 18.0 Å². The largest absolute Gasteiger partial charge is 0.393 e. The first-order valence-corrected chi connectivity index (χ1v) is 8.39. The molecule has 0 aliphatic carbocycles. The van der Waals surface area contributed by atoms with E-state index in [2.05, 4.69) is 48.3 Å². The molecule has 0 saturated carbocycles. The second-order valence-electron chi connectivity index (χ2n) is 7.11. The van der Waals surface area contributed by atoms with Gasteiger partial charge in [0.25, 0.3) is 0 Å². The lowest BCUT2D eigenvalue weighted by Crippen LogP contribution is -2.44. The van der Waals surface area contributed by atoms with Crippen LogP contribution in [0.15, 0.2) is 24.3 Å².